The summed E-state index contributed by atoms with van der Waals surface area (Å²) < 4.78 is 11.4. The molecule has 126 valence electrons. The molecule has 3 heteroatoms. The Morgan fingerprint density at radius 3 is 2.16 bits per heavy atom. The van der Waals surface area contributed by atoms with Crippen molar-refractivity contribution < 1.29 is 14.3 Å². The molecule has 3 aromatic rings. The molecule has 0 saturated carbocycles. The van der Waals surface area contributed by atoms with Gasteiger partial charge in [0.15, 0.2) is 0 Å². The van der Waals surface area contributed by atoms with Gasteiger partial charge in [-0.25, -0.2) is 4.79 Å². The number of rotatable bonds is 6. The zero-order valence-electron chi connectivity index (χ0n) is 14.2. The standard InChI is InChI=1S/C22H20O3/c1-16(2)22(23)25-21-13-12-20(18-10-6-7-11-19(18)21)24-15-14-17-8-4-3-5-9-17/h3-13H,1,14-15H2,2H3. The highest BCUT2D eigenvalue weighted by atomic mass is 16.5. The average Bonchev–Trinajstić information content (AvgIpc) is 2.64. The van der Waals surface area contributed by atoms with E-state index in [9.17, 15) is 4.79 Å². The van der Waals surface area contributed by atoms with Crippen LogP contribution in [0.2, 0.25) is 0 Å². The summed E-state index contributed by atoms with van der Waals surface area (Å²) >= 11 is 0. The Hall–Kier alpha value is -3.07. The highest BCUT2D eigenvalue weighted by Crippen LogP contribution is 2.33. The van der Waals surface area contributed by atoms with Crippen LogP contribution >= 0.6 is 0 Å². The fraction of sp³-hybridized carbons (Fsp3) is 0.136. The Morgan fingerprint density at radius 2 is 1.48 bits per heavy atom. The highest BCUT2D eigenvalue weighted by molar-refractivity contribution is 5.97. The number of hydrogen-bond donors (Lipinski definition) is 0. The Balaban J connectivity index is 1.80. The number of ether oxygens (including phenoxy) is 2. The van der Waals surface area contributed by atoms with Gasteiger partial charge < -0.3 is 9.47 Å². The van der Waals surface area contributed by atoms with Crippen LogP contribution in [0, 0.1) is 0 Å². The minimum Gasteiger partial charge on any atom is -0.493 e. The summed E-state index contributed by atoms with van der Waals surface area (Å²) in [5.41, 5.74) is 1.60. The molecular formula is C22H20O3. The lowest BCUT2D eigenvalue weighted by Gasteiger charge is -2.13. The van der Waals surface area contributed by atoms with Crippen molar-refractivity contribution in [1.82, 2.24) is 0 Å². The van der Waals surface area contributed by atoms with Gasteiger partial charge in [0.25, 0.3) is 0 Å². The van der Waals surface area contributed by atoms with E-state index < -0.39 is 5.97 Å². The quantitative estimate of drug-likeness (QED) is 0.364. The van der Waals surface area contributed by atoms with E-state index >= 15 is 0 Å². The molecule has 0 N–H and O–H groups in total. The molecule has 0 aliphatic carbocycles. The van der Waals surface area contributed by atoms with Crippen molar-refractivity contribution in [3.05, 3.63) is 84.4 Å². The fourth-order valence-electron chi connectivity index (χ4n) is 2.57. The van der Waals surface area contributed by atoms with Crippen molar-refractivity contribution in [2.75, 3.05) is 6.61 Å². The van der Waals surface area contributed by atoms with E-state index in [1.54, 1.807) is 13.0 Å². The predicted molar refractivity (Wildman–Crippen MR) is 100 cm³/mol. The molecule has 0 bridgehead atoms. The van der Waals surface area contributed by atoms with Crippen LogP contribution in [0.15, 0.2) is 78.9 Å². The van der Waals surface area contributed by atoms with Gasteiger partial charge in [0.1, 0.15) is 11.5 Å². The normalized spacial score (nSPS) is 10.4. The maximum absolute atomic E-state index is 11.8. The summed E-state index contributed by atoms with van der Waals surface area (Å²) in [6, 6.07) is 21.6. The predicted octanol–water partition coefficient (Wildman–Crippen LogP) is 4.94. The number of benzene rings is 3. The van der Waals surface area contributed by atoms with Crippen LogP contribution in [0.1, 0.15) is 12.5 Å². The highest BCUT2D eigenvalue weighted by Gasteiger charge is 2.11. The second-order valence-electron chi connectivity index (χ2n) is 5.86. The third-order valence-corrected chi connectivity index (χ3v) is 3.89. The van der Waals surface area contributed by atoms with Crippen molar-refractivity contribution in [3.63, 3.8) is 0 Å². The second kappa shape index (κ2) is 7.67. The molecule has 0 aliphatic rings. The third-order valence-electron chi connectivity index (χ3n) is 3.89. The van der Waals surface area contributed by atoms with Gasteiger partial charge in [0.05, 0.1) is 6.61 Å². The zero-order valence-corrected chi connectivity index (χ0v) is 14.2. The lowest BCUT2D eigenvalue weighted by molar-refractivity contribution is -0.129. The van der Waals surface area contributed by atoms with Crippen LogP contribution in [0.5, 0.6) is 11.5 Å². The Kier molecular flexibility index (Phi) is 5.14. The summed E-state index contributed by atoms with van der Waals surface area (Å²) in [7, 11) is 0. The second-order valence-corrected chi connectivity index (χ2v) is 5.86. The lowest BCUT2D eigenvalue weighted by atomic mass is 10.1. The van der Waals surface area contributed by atoms with Crippen molar-refractivity contribution in [2.24, 2.45) is 0 Å². The molecule has 0 saturated heterocycles. The molecule has 0 unspecified atom stereocenters. The van der Waals surface area contributed by atoms with Gasteiger partial charge in [-0.1, -0.05) is 61.2 Å². The van der Waals surface area contributed by atoms with Gasteiger partial charge in [0, 0.05) is 22.8 Å². The first kappa shape index (κ1) is 16.8. The monoisotopic (exact) mass is 332 g/mol. The molecule has 0 heterocycles. The van der Waals surface area contributed by atoms with E-state index in [0.29, 0.717) is 17.9 Å². The molecule has 0 spiro atoms. The maximum Gasteiger partial charge on any atom is 0.338 e. The minimum atomic E-state index is -0.428. The average molecular weight is 332 g/mol. The molecular weight excluding hydrogens is 312 g/mol. The fourth-order valence-corrected chi connectivity index (χ4v) is 2.57. The largest absolute Gasteiger partial charge is 0.493 e. The number of fused-ring (bicyclic) bond motifs is 1. The van der Waals surface area contributed by atoms with Crippen LogP contribution in [0.4, 0.5) is 0 Å². The van der Waals surface area contributed by atoms with Crippen molar-refractivity contribution >= 4 is 16.7 Å². The number of carbonyl (C=O) groups excluding carboxylic acids is 1. The Bertz CT molecular complexity index is 898. The molecule has 0 amide bonds. The molecule has 3 rings (SSSR count). The minimum absolute atomic E-state index is 0.368. The van der Waals surface area contributed by atoms with Crippen molar-refractivity contribution in [1.29, 1.82) is 0 Å². The van der Waals surface area contributed by atoms with Gasteiger partial charge in [-0.2, -0.15) is 0 Å². The van der Waals surface area contributed by atoms with Crippen LogP contribution in [-0.4, -0.2) is 12.6 Å². The van der Waals surface area contributed by atoms with Gasteiger partial charge in [-0.05, 0) is 24.6 Å². The van der Waals surface area contributed by atoms with E-state index in [1.807, 2.05) is 48.5 Å². The Labute approximate surface area is 147 Å². The maximum atomic E-state index is 11.8. The first-order valence-electron chi connectivity index (χ1n) is 8.21. The first-order valence-corrected chi connectivity index (χ1v) is 8.21. The van der Waals surface area contributed by atoms with Crippen LogP contribution < -0.4 is 9.47 Å². The topological polar surface area (TPSA) is 35.5 Å². The molecule has 0 aromatic heterocycles. The molecule has 0 atom stereocenters. The number of esters is 1. The van der Waals surface area contributed by atoms with Crippen LogP contribution in [0.25, 0.3) is 10.8 Å². The summed E-state index contributed by atoms with van der Waals surface area (Å²) in [4.78, 5) is 11.8. The number of hydrogen-bond acceptors (Lipinski definition) is 3. The van der Waals surface area contributed by atoms with E-state index in [0.717, 1.165) is 22.9 Å². The van der Waals surface area contributed by atoms with E-state index in [1.165, 1.54) is 5.56 Å². The van der Waals surface area contributed by atoms with E-state index in [4.69, 9.17) is 9.47 Å². The van der Waals surface area contributed by atoms with Gasteiger partial charge >= 0.3 is 5.97 Å². The first-order chi connectivity index (χ1) is 12.1. The zero-order chi connectivity index (χ0) is 17.6. The van der Waals surface area contributed by atoms with E-state index in [2.05, 4.69) is 18.7 Å². The summed E-state index contributed by atoms with van der Waals surface area (Å²) in [5.74, 6) is 0.864. The summed E-state index contributed by atoms with van der Waals surface area (Å²) in [6.07, 6.45) is 0.835. The van der Waals surface area contributed by atoms with Crippen molar-refractivity contribution in [2.45, 2.75) is 13.3 Å². The molecule has 3 nitrogen and oxygen atoms in total. The van der Waals surface area contributed by atoms with Crippen LogP contribution in [0.3, 0.4) is 0 Å². The van der Waals surface area contributed by atoms with Gasteiger partial charge in [-0.15, -0.1) is 0 Å². The molecule has 0 aliphatic heterocycles. The van der Waals surface area contributed by atoms with Crippen molar-refractivity contribution in [3.8, 4) is 11.5 Å². The molecule has 0 fully saturated rings. The Morgan fingerprint density at radius 1 is 0.880 bits per heavy atom. The molecule has 0 radical (unpaired) electrons. The van der Waals surface area contributed by atoms with Gasteiger partial charge in [0.2, 0.25) is 0 Å². The lowest BCUT2D eigenvalue weighted by Crippen LogP contribution is -2.08. The summed E-state index contributed by atoms with van der Waals surface area (Å²) in [6.45, 7) is 5.83. The summed E-state index contributed by atoms with van der Waals surface area (Å²) in [5, 5.41) is 1.76. The van der Waals surface area contributed by atoms with Crippen LogP contribution in [-0.2, 0) is 11.2 Å². The van der Waals surface area contributed by atoms with E-state index in [-0.39, 0.29) is 0 Å². The third kappa shape index (κ3) is 4.07. The van der Waals surface area contributed by atoms with Gasteiger partial charge in [-0.3, -0.25) is 0 Å². The molecule has 25 heavy (non-hydrogen) atoms. The SMILES string of the molecule is C=C(C)C(=O)Oc1ccc(OCCc2ccccc2)c2ccccc12. The smallest absolute Gasteiger partial charge is 0.338 e. The molecule has 3 aromatic carbocycles. The number of carbonyl (C=O) groups is 1.